The van der Waals surface area contributed by atoms with E-state index in [0.717, 1.165) is 10.9 Å². The number of pyridine rings is 1. The highest BCUT2D eigenvalue weighted by Gasteiger charge is 2.23. The third kappa shape index (κ3) is 3.10. The fraction of sp³-hybridized carbons (Fsp3) is 0.462. The van der Waals surface area contributed by atoms with Crippen molar-refractivity contribution in [2.45, 2.75) is 43.4 Å². The third-order valence-corrected chi connectivity index (χ3v) is 3.43. The minimum absolute atomic E-state index is 0.0862. The van der Waals surface area contributed by atoms with Gasteiger partial charge < -0.3 is 4.52 Å². The normalized spacial score (nSPS) is 13.6. The van der Waals surface area contributed by atoms with Crippen LogP contribution in [0.15, 0.2) is 33.9 Å². The molecule has 96 valence electrons. The number of hydrogen-bond donors (Lipinski definition) is 0. The SMILES string of the molecule is CC(Sc1ccccn1)c1nc(C(C)(C)C)no1. The van der Waals surface area contributed by atoms with E-state index in [1.54, 1.807) is 18.0 Å². The molecule has 1 atom stereocenters. The zero-order valence-electron chi connectivity index (χ0n) is 11.0. The van der Waals surface area contributed by atoms with Crippen molar-refractivity contribution in [2.24, 2.45) is 0 Å². The summed E-state index contributed by atoms with van der Waals surface area (Å²) in [5, 5.41) is 5.09. The van der Waals surface area contributed by atoms with E-state index in [9.17, 15) is 0 Å². The van der Waals surface area contributed by atoms with Crippen LogP contribution in [0.2, 0.25) is 0 Å². The van der Waals surface area contributed by atoms with Gasteiger partial charge in [-0.3, -0.25) is 0 Å². The van der Waals surface area contributed by atoms with Gasteiger partial charge in [-0.05, 0) is 19.1 Å². The highest BCUT2D eigenvalue weighted by atomic mass is 32.2. The van der Waals surface area contributed by atoms with Gasteiger partial charge in [0.05, 0.1) is 10.3 Å². The maximum atomic E-state index is 5.32. The summed E-state index contributed by atoms with van der Waals surface area (Å²) in [6.07, 6.45) is 1.78. The molecule has 1 unspecified atom stereocenters. The molecule has 0 amide bonds. The fourth-order valence-electron chi connectivity index (χ4n) is 1.35. The molecule has 2 rings (SSSR count). The van der Waals surface area contributed by atoms with Crippen molar-refractivity contribution in [2.75, 3.05) is 0 Å². The molecular formula is C13H17N3OS. The molecule has 0 saturated carbocycles. The number of hydrogen-bond acceptors (Lipinski definition) is 5. The van der Waals surface area contributed by atoms with Crippen LogP contribution in [0.3, 0.4) is 0 Å². The average molecular weight is 263 g/mol. The molecule has 0 saturated heterocycles. The minimum Gasteiger partial charge on any atom is -0.338 e. The zero-order chi connectivity index (χ0) is 13.2. The van der Waals surface area contributed by atoms with Crippen molar-refractivity contribution in [3.63, 3.8) is 0 Å². The van der Waals surface area contributed by atoms with E-state index in [0.29, 0.717) is 5.89 Å². The Morgan fingerprint density at radius 3 is 2.61 bits per heavy atom. The number of thioether (sulfide) groups is 1. The predicted molar refractivity (Wildman–Crippen MR) is 71.5 cm³/mol. The van der Waals surface area contributed by atoms with E-state index in [4.69, 9.17) is 4.52 Å². The average Bonchev–Trinajstić information content (AvgIpc) is 2.79. The second-order valence-electron chi connectivity index (χ2n) is 5.13. The number of aromatic nitrogens is 3. The Morgan fingerprint density at radius 2 is 2.06 bits per heavy atom. The van der Waals surface area contributed by atoms with Crippen LogP contribution in [0.5, 0.6) is 0 Å². The standard InChI is InChI=1S/C13H17N3OS/c1-9(18-10-7-5-6-8-14-10)11-15-12(16-17-11)13(2,3)4/h5-9H,1-4H3. The van der Waals surface area contributed by atoms with Gasteiger partial charge in [0.15, 0.2) is 5.82 Å². The summed E-state index contributed by atoms with van der Waals surface area (Å²) in [5.74, 6) is 1.39. The monoisotopic (exact) mass is 263 g/mol. The quantitative estimate of drug-likeness (QED) is 0.792. The Kier molecular flexibility index (Phi) is 3.71. The maximum absolute atomic E-state index is 5.32. The first kappa shape index (κ1) is 13.1. The fourth-order valence-corrected chi connectivity index (χ4v) is 2.19. The minimum atomic E-state index is -0.0862. The molecule has 0 aliphatic heterocycles. The summed E-state index contributed by atoms with van der Waals surface area (Å²) in [6, 6.07) is 5.85. The van der Waals surface area contributed by atoms with Gasteiger partial charge >= 0.3 is 0 Å². The lowest BCUT2D eigenvalue weighted by atomic mass is 9.96. The summed E-state index contributed by atoms with van der Waals surface area (Å²) in [6.45, 7) is 8.24. The number of nitrogens with zero attached hydrogens (tertiary/aromatic N) is 3. The molecule has 0 N–H and O–H groups in total. The van der Waals surface area contributed by atoms with E-state index in [-0.39, 0.29) is 10.7 Å². The molecular weight excluding hydrogens is 246 g/mol. The summed E-state index contributed by atoms with van der Waals surface area (Å²) in [7, 11) is 0. The second kappa shape index (κ2) is 5.10. The van der Waals surface area contributed by atoms with Crippen molar-refractivity contribution in [1.29, 1.82) is 0 Å². The van der Waals surface area contributed by atoms with Crippen molar-refractivity contribution in [3.05, 3.63) is 36.1 Å². The van der Waals surface area contributed by atoms with Crippen LogP contribution in [0.4, 0.5) is 0 Å². The molecule has 0 aliphatic rings. The molecule has 0 aliphatic carbocycles. The van der Waals surface area contributed by atoms with Gasteiger partial charge in [-0.1, -0.05) is 43.8 Å². The summed E-state index contributed by atoms with van der Waals surface area (Å²) in [5.41, 5.74) is -0.0862. The van der Waals surface area contributed by atoms with Crippen LogP contribution >= 0.6 is 11.8 Å². The topological polar surface area (TPSA) is 51.8 Å². The highest BCUT2D eigenvalue weighted by Crippen LogP contribution is 2.33. The molecule has 0 spiro atoms. The van der Waals surface area contributed by atoms with Crippen LogP contribution in [-0.4, -0.2) is 15.1 Å². The molecule has 18 heavy (non-hydrogen) atoms. The first-order valence-corrected chi connectivity index (χ1v) is 6.76. The molecule has 2 aromatic rings. The van der Waals surface area contributed by atoms with Crippen LogP contribution in [-0.2, 0) is 5.41 Å². The van der Waals surface area contributed by atoms with Crippen LogP contribution in [0.1, 0.15) is 44.7 Å². The lowest BCUT2D eigenvalue weighted by Gasteiger charge is -2.11. The second-order valence-corrected chi connectivity index (χ2v) is 6.50. The first-order valence-electron chi connectivity index (χ1n) is 5.88. The molecule has 0 radical (unpaired) electrons. The van der Waals surface area contributed by atoms with E-state index in [2.05, 4.69) is 35.9 Å². The predicted octanol–water partition coefficient (Wildman–Crippen LogP) is 3.62. The Balaban J connectivity index is 2.10. The van der Waals surface area contributed by atoms with E-state index >= 15 is 0 Å². The summed E-state index contributed by atoms with van der Waals surface area (Å²) in [4.78, 5) is 8.72. The molecule has 4 nitrogen and oxygen atoms in total. The van der Waals surface area contributed by atoms with Gasteiger partial charge in [0.2, 0.25) is 5.89 Å². The van der Waals surface area contributed by atoms with Crippen molar-refractivity contribution in [3.8, 4) is 0 Å². The third-order valence-electron chi connectivity index (χ3n) is 2.40. The summed E-state index contributed by atoms with van der Waals surface area (Å²) < 4.78 is 5.32. The molecule has 0 aromatic carbocycles. The largest absolute Gasteiger partial charge is 0.338 e. The van der Waals surface area contributed by atoms with Gasteiger partial charge in [0.25, 0.3) is 0 Å². The van der Waals surface area contributed by atoms with Gasteiger partial charge in [-0.25, -0.2) is 4.98 Å². The Bertz CT molecular complexity index is 504. The van der Waals surface area contributed by atoms with Gasteiger partial charge in [-0.2, -0.15) is 4.98 Å². The molecule has 0 fully saturated rings. The lowest BCUT2D eigenvalue weighted by molar-refractivity contribution is 0.364. The highest BCUT2D eigenvalue weighted by molar-refractivity contribution is 7.99. The van der Waals surface area contributed by atoms with E-state index in [1.165, 1.54) is 0 Å². The smallest absolute Gasteiger partial charge is 0.239 e. The molecule has 2 heterocycles. The lowest BCUT2D eigenvalue weighted by Crippen LogP contribution is -2.13. The van der Waals surface area contributed by atoms with Gasteiger partial charge in [0.1, 0.15) is 0 Å². The Morgan fingerprint density at radius 1 is 1.28 bits per heavy atom. The van der Waals surface area contributed by atoms with Gasteiger partial charge in [0, 0.05) is 11.6 Å². The Hall–Kier alpha value is -1.36. The molecule has 0 bridgehead atoms. The zero-order valence-corrected chi connectivity index (χ0v) is 11.9. The van der Waals surface area contributed by atoms with Crippen molar-refractivity contribution >= 4 is 11.8 Å². The number of rotatable bonds is 3. The Labute approximate surface area is 111 Å². The van der Waals surface area contributed by atoms with Crippen molar-refractivity contribution < 1.29 is 4.52 Å². The van der Waals surface area contributed by atoms with Gasteiger partial charge in [-0.15, -0.1) is 0 Å². The maximum Gasteiger partial charge on any atom is 0.239 e. The molecule has 5 heteroatoms. The molecule has 2 aromatic heterocycles. The summed E-state index contributed by atoms with van der Waals surface area (Å²) >= 11 is 1.61. The van der Waals surface area contributed by atoms with E-state index in [1.807, 2.05) is 25.1 Å². The van der Waals surface area contributed by atoms with Crippen LogP contribution in [0.25, 0.3) is 0 Å². The van der Waals surface area contributed by atoms with Crippen LogP contribution in [0, 0.1) is 0 Å². The van der Waals surface area contributed by atoms with Crippen LogP contribution < -0.4 is 0 Å². The first-order chi connectivity index (χ1) is 8.47. The van der Waals surface area contributed by atoms with Crippen molar-refractivity contribution in [1.82, 2.24) is 15.1 Å². The van der Waals surface area contributed by atoms with E-state index < -0.39 is 0 Å².